The highest BCUT2D eigenvalue weighted by atomic mass is 16.6. The Morgan fingerprint density at radius 2 is 0.886 bits per heavy atom. The minimum atomic E-state index is -0.218. The molecule has 0 N–H and O–H groups in total. The van der Waals surface area contributed by atoms with Gasteiger partial charge in [-0.05, 0) is 84.0 Å². The Labute approximate surface area is 273 Å². The quantitative estimate of drug-likeness (QED) is 0.0430. The van der Waals surface area contributed by atoms with Gasteiger partial charge < -0.3 is 9.47 Å². The molecular formula is C40H70O4. The van der Waals surface area contributed by atoms with Gasteiger partial charge in [0, 0.05) is 19.3 Å². The average molecular weight is 615 g/mol. The highest BCUT2D eigenvalue weighted by molar-refractivity contribution is 5.69. The van der Waals surface area contributed by atoms with Crippen LogP contribution in [0.5, 0.6) is 0 Å². The van der Waals surface area contributed by atoms with E-state index in [1.165, 1.54) is 89.9 Å². The van der Waals surface area contributed by atoms with Crippen LogP contribution in [0.15, 0.2) is 48.6 Å². The zero-order valence-corrected chi connectivity index (χ0v) is 29.2. The predicted molar refractivity (Wildman–Crippen MR) is 190 cm³/mol. The Morgan fingerprint density at radius 1 is 0.500 bits per heavy atom. The number of esters is 2. The summed E-state index contributed by atoms with van der Waals surface area (Å²) in [4.78, 5) is 24.1. The van der Waals surface area contributed by atoms with E-state index in [-0.39, 0.29) is 18.0 Å². The van der Waals surface area contributed by atoms with E-state index in [9.17, 15) is 9.59 Å². The van der Waals surface area contributed by atoms with E-state index in [4.69, 9.17) is 9.47 Å². The first-order chi connectivity index (χ1) is 21.6. The van der Waals surface area contributed by atoms with Gasteiger partial charge in [-0.2, -0.15) is 0 Å². The van der Waals surface area contributed by atoms with Gasteiger partial charge in [0.25, 0.3) is 0 Å². The summed E-state index contributed by atoms with van der Waals surface area (Å²) in [5.41, 5.74) is 0. The van der Waals surface area contributed by atoms with Gasteiger partial charge >= 0.3 is 11.9 Å². The molecule has 1 unspecified atom stereocenters. The number of rotatable bonds is 32. The lowest BCUT2D eigenvalue weighted by Crippen LogP contribution is -2.18. The molecule has 1 atom stereocenters. The van der Waals surface area contributed by atoms with Crippen molar-refractivity contribution in [2.24, 2.45) is 0 Å². The molecule has 0 saturated carbocycles. The lowest BCUT2D eigenvalue weighted by molar-refractivity contribution is -0.150. The fourth-order valence-electron chi connectivity index (χ4n) is 4.91. The maximum Gasteiger partial charge on any atom is 0.306 e. The predicted octanol–water partition coefficient (Wildman–Crippen LogP) is 12.5. The monoisotopic (exact) mass is 615 g/mol. The van der Waals surface area contributed by atoms with Crippen molar-refractivity contribution in [3.05, 3.63) is 48.6 Å². The SMILES string of the molecule is CCCCC/C=C\C/C=C\CCCCCCCC(=O)OCCC(C)OC(=O)CCCCCCC/C=C\C/C=C\CCCCC. The molecule has 4 heteroatoms. The molecule has 44 heavy (non-hydrogen) atoms. The van der Waals surface area contributed by atoms with Crippen molar-refractivity contribution in [3.8, 4) is 0 Å². The molecule has 0 bridgehead atoms. The van der Waals surface area contributed by atoms with Gasteiger partial charge in [0.1, 0.15) is 6.10 Å². The summed E-state index contributed by atoms with van der Waals surface area (Å²) in [6, 6.07) is 0. The number of ether oxygens (including phenoxy) is 2. The van der Waals surface area contributed by atoms with Crippen LogP contribution < -0.4 is 0 Å². The third-order valence-corrected chi connectivity index (χ3v) is 7.78. The Hall–Kier alpha value is -2.10. The molecule has 0 aromatic heterocycles. The molecule has 0 aliphatic rings. The fourth-order valence-corrected chi connectivity index (χ4v) is 4.91. The van der Waals surface area contributed by atoms with Crippen LogP contribution in [-0.4, -0.2) is 24.6 Å². The number of hydrogen-bond donors (Lipinski definition) is 0. The molecule has 0 aliphatic heterocycles. The molecular weight excluding hydrogens is 544 g/mol. The van der Waals surface area contributed by atoms with Crippen molar-refractivity contribution in [2.75, 3.05) is 6.61 Å². The summed E-state index contributed by atoms with van der Waals surface area (Å²) in [6.45, 7) is 6.68. The second-order valence-electron chi connectivity index (χ2n) is 12.3. The third kappa shape index (κ3) is 34.4. The first-order valence-electron chi connectivity index (χ1n) is 18.5. The van der Waals surface area contributed by atoms with E-state index in [0.717, 1.165) is 51.4 Å². The minimum Gasteiger partial charge on any atom is -0.466 e. The molecule has 0 aliphatic carbocycles. The Morgan fingerprint density at radius 3 is 1.34 bits per heavy atom. The molecule has 0 amide bonds. The lowest BCUT2D eigenvalue weighted by Gasteiger charge is -2.13. The minimum absolute atomic E-state index is 0.139. The normalized spacial score (nSPS) is 12.7. The summed E-state index contributed by atoms with van der Waals surface area (Å²) in [7, 11) is 0. The molecule has 0 heterocycles. The van der Waals surface area contributed by atoms with E-state index < -0.39 is 0 Å². The van der Waals surface area contributed by atoms with Crippen LogP contribution in [0.4, 0.5) is 0 Å². The second kappa shape index (κ2) is 35.4. The van der Waals surface area contributed by atoms with Gasteiger partial charge in [0.15, 0.2) is 0 Å². The van der Waals surface area contributed by atoms with E-state index in [0.29, 0.717) is 25.9 Å². The van der Waals surface area contributed by atoms with Gasteiger partial charge in [-0.1, -0.05) is 127 Å². The molecule has 4 nitrogen and oxygen atoms in total. The zero-order valence-electron chi connectivity index (χ0n) is 29.2. The van der Waals surface area contributed by atoms with Gasteiger partial charge in [-0.15, -0.1) is 0 Å². The summed E-state index contributed by atoms with van der Waals surface area (Å²) < 4.78 is 10.8. The summed E-state index contributed by atoms with van der Waals surface area (Å²) in [5.74, 6) is -0.279. The van der Waals surface area contributed by atoms with Crippen molar-refractivity contribution in [2.45, 2.75) is 187 Å². The van der Waals surface area contributed by atoms with E-state index in [1.807, 2.05) is 6.92 Å². The highest BCUT2D eigenvalue weighted by Crippen LogP contribution is 2.11. The standard InChI is InChI=1S/C40H70O4/c1-4-6-8-10-12-14-16-18-20-22-24-26-28-30-32-34-39(41)43-37-36-38(3)44-40(42)35-33-31-29-27-25-23-21-19-17-15-13-11-9-7-5-2/h12-15,18-21,38H,4-11,16-17,22-37H2,1-3H3/b14-12-,15-13-,20-18-,21-19-. The van der Waals surface area contributed by atoms with Gasteiger partial charge in [-0.3, -0.25) is 9.59 Å². The van der Waals surface area contributed by atoms with E-state index in [1.54, 1.807) is 0 Å². The number of carbonyl (C=O) groups is 2. The molecule has 0 saturated heterocycles. The smallest absolute Gasteiger partial charge is 0.306 e. The summed E-state index contributed by atoms with van der Waals surface area (Å²) in [5, 5.41) is 0. The Kier molecular flexibility index (Phi) is 33.7. The van der Waals surface area contributed by atoms with Crippen molar-refractivity contribution >= 4 is 11.9 Å². The van der Waals surface area contributed by atoms with Crippen LogP contribution in [0.3, 0.4) is 0 Å². The van der Waals surface area contributed by atoms with Gasteiger partial charge in [0.05, 0.1) is 6.61 Å². The molecule has 0 aromatic rings. The van der Waals surface area contributed by atoms with Crippen molar-refractivity contribution in [1.82, 2.24) is 0 Å². The van der Waals surface area contributed by atoms with Crippen molar-refractivity contribution in [1.29, 1.82) is 0 Å². The Balaban J connectivity index is 3.51. The van der Waals surface area contributed by atoms with Crippen molar-refractivity contribution < 1.29 is 19.1 Å². The molecule has 254 valence electrons. The largest absolute Gasteiger partial charge is 0.466 e. The van der Waals surface area contributed by atoms with E-state index >= 15 is 0 Å². The first kappa shape index (κ1) is 41.9. The summed E-state index contributed by atoms with van der Waals surface area (Å²) >= 11 is 0. The second-order valence-corrected chi connectivity index (χ2v) is 12.3. The zero-order chi connectivity index (χ0) is 32.2. The van der Waals surface area contributed by atoms with Crippen molar-refractivity contribution in [3.63, 3.8) is 0 Å². The molecule has 0 radical (unpaired) electrons. The van der Waals surface area contributed by atoms with Crippen LogP contribution in [0.25, 0.3) is 0 Å². The van der Waals surface area contributed by atoms with Crippen LogP contribution in [0.2, 0.25) is 0 Å². The molecule has 0 spiro atoms. The first-order valence-corrected chi connectivity index (χ1v) is 18.5. The van der Waals surface area contributed by atoms with Crippen LogP contribution >= 0.6 is 0 Å². The lowest BCUT2D eigenvalue weighted by atomic mass is 10.1. The van der Waals surface area contributed by atoms with Gasteiger partial charge in [0.2, 0.25) is 0 Å². The number of carbonyl (C=O) groups excluding carboxylic acids is 2. The Bertz CT molecular complexity index is 748. The molecule has 0 rings (SSSR count). The summed E-state index contributed by atoms with van der Waals surface area (Å²) in [6.07, 6.45) is 45.3. The average Bonchev–Trinajstić information content (AvgIpc) is 3.01. The van der Waals surface area contributed by atoms with Crippen LogP contribution in [-0.2, 0) is 19.1 Å². The highest BCUT2D eigenvalue weighted by Gasteiger charge is 2.11. The van der Waals surface area contributed by atoms with E-state index in [2.05, 4.69) is 62.5 Å². The number of unbranched alkanes of at least 4 members (excludes halogenated alkanes) is 16. The molecule has 0 fully saturated rings. The van der Waals surface area contributed by atoms with Crippen LogP contribution in [0.1, 0.15) is 181 Å². The van der Waals surface area contributed by atoms with Gasteiger partial charge in [-0.25, -0.2) is 0 Å². The molecule has 0 aromatic carbocycles. The maximum atomic E-state index is 12.1. The topological polar surface area (TPSA) is 52.6 Å². The van der Waals surface area contributed by atoms with Crippen LogP contribution in [0, 0.1) is 0 Å². The third-order valence-electron chi connectivity index (χ3n) is 7.78. The maximum absolute atomic E-state index is 12.1. The fraction of sp³-hybridized carbons (Fsp3) is 0.750. The number of hydrogen-bond acceptors (Lipinski definition) is 4. The number of allylic oxidation sites excluding steroid dienone is 8.